The van der Waals surface area contributed by atoms with Crippen LogP contribution in [-0.4, -0.2) is 36.2 Å². The summed E-state index contributed by atoms with van der Waals surface area (Å²) in [6.07, 6.45) is 2.78. The quantitative estimate of drug-likeness (QED) is 0.186. The second-order valence-corrected chi connectivity index (χ2v) is 5.74. The van der Waals surface area contributed by atoms with Crippen molar-refractivity contribution in [3.63, 3.8) is 0 Å². The monoisotopic (exact) mass is 326 g/mol. The maximum Gasteiger partial charge on any atom is 0.212 e. The third kappa shape index (κ3) is 7.38. The highest BCUT2D eigenvalue weighted by Gasteiger charge is 2.01. The summed E-state index contributed by atoms with van der Waals surface area (Å²) in [6.45, 7) is 0.755. The van der Waals surface area contributed by atoms with Gasteiger partial charge in [0, 0.05) is 24.7 Å². The van der Waals surface area contributed by atoms with Crippen LogP contribution in [0.1, 0.15) is 12.1 Å². The Balaban J connectivity index is 2.16. The van der Waals surface area contributed by atoms with Crippen LogP contribution >= 0.6 is 23.1 Å². The Morgan fingerprint density at radius 2 is 2.38 bits per heavy atom. The summed E-state index contributed by atoms with van der Waals surface area (Å²) >= 11 is 3.20. The van der Waals surface area contributed by atoms with Crippen LogP contribution in [-0.2, 0) is 5.75 Å². The molecule has 6 N–H and O–H groups in total. The third-order valence-electron chi connectivity index (χ3n) is 2.17. The van der Waals surface area contributed by atoms with Gasteiger partial charge in [-0.05, 0) is 12.2 Å². The van der Waals surface area contributed by atoms with Gasteiger partial charge in [-0.15, -0.1) is 11.3 Å². The fraction of sp³-hybridized carbons (Fsp3) is 0.455. The predicted molar refractivity (Wildman–Crippen MR) is 88.5 cm³/mol. The molecule has 0 unspecified atom stereocenters. The van der Waals surface area contributed by atoms with Crippen LogP contribution in [0, 0.1) is 11.5 Å². The summed E-state index contributed by atoms with van der Waals surface area (Å²) in [7, 11) is 1.62. The normalized spacial score (nSPS) is 10.8. The van der Waals surface area contributed by atoms with Crippen molar-refractivity contribution in [2.75, 3.05) is 19.3 Å². The Hall–Kier alpha value is -1.99. The van der Waals surface area contributed by atoms with Gasteiger partial charge in [-0.25, -0.2) is 4.98 Å². The Morgan fingerprint density at radius 1 is 1.57 bits per heavy atom. The molecule has 114 valence electrons. The number of nitrogens with one attached hydrogen (secondary N) is 2. The van der Waals surface area contributed by atoms with Gasteiger partial charge < -0.3 is 16.8 Å². The Labute approximate surface area is 131 Å². The van der Waals surface area contributed by atoms with Gasteiger partial charge >= 0.3 is 0 Å². The molecule has 1 aromatic heterocycles. The molecule has 0 atom stereocenters. The highest BCUT2D eigenvalue weighted by molar-refractivity contribution is 7.98. The molecule has 10 heteroatoms. The lowest BCUT2D eigenvalue weighted by Crippen LogP contribution is -2.35. The average Bonchev–Trinajstić information content (AvgIpc) is 2.88. The predicted octanol–water partition coefficient (Wildman–Crippen LogP) is 0.317. The van der Waals surface area contributed by atoms with Crippen LogP contribution in [0.25, 0.3) is 0 Å². The van der Waals surface area contributed by atoms with Crippen molar-refractivity contribution in [3.05, 3.63) is 11.1 Å². The fourth-order valence-electron chi connectivity index (χ4n) is 1.31. The number of aromatic nitrogens is 1. The molecule has 8 nitrogen and oxygen atoms in total. The summed E-state index contributed by atoms with van der Waals surface area (Å²) in [5, 5.41) is 16.5. The maximum absolute atomic E-state index is 8.47. The standard InChI is InChI=1S/C11H18N8S2/c1-15-10(17-7-12)16-3-2-4-20-5-8-6-21-11(18-8)19-9(13)14/h6H,2-5H2,1H3,(H2,15,16,17)(H4,13,14,18,19). The molecule has 0 aliphatic heterocycles. The summed E-state index contributed by atoms with van der Waals surface area (Å²) in [4.78, 5) is 12.1. The number of hydrogen-bond donors (Lipinski definition) is 4. The van der Waals surface area contributed by atoms with Crippen molar-refractivity contribution >= 4 is 40.1 Å². The van der Waals surface area contributed by atoms with E-state index in [1.807, 2.05) is 11.6 Å². The van der Waals surface area contributed by atoms with E-state index in [2.05, 4.69) is 25.6 Å². The number of nitrogens with two attached hydrogens (primary N) is 2. The number of nitrogens with zero attached hydrogens (tertiary/aromatic N) is 4. The fourth-order valence-corrected chi connectivity index (χ4v) is 2.98. The molecule has 0 bridgehead atoms. The number of thiazole rings is 1. The van der Waals surface area contributed by atoms with E-state index in [1.54, 1.807) is 18.8 Å². The van der Waals surface area contributed by atoms with Crippen molar-refractivity contribution in [2.24, 2.45) is 21.5 Å². The van der Waals surface area contributed by atoms with E-state index in [0.29, 0.717) is 11.1 Å². The topological polar surface area (TPSA) is 138 Å². The molecular formula is C11H18N8S2. The van der Waals surface area contributed by atoms with E-state index in [-0.39, 0.29) is 5.96 Å². The zero-order chi connectivity index (χ0) is 15.5. The lowest BCUT2D eigenvalue weighted by Gasteiger charge is -2.06. The van der Waals surface area contributed by atoms with Gasteiger partial charge in [0.25, 0.3) is 0 Å². The van der Waals surface area contributed by atoms with Gasteiger partial charge in [-0.2, -0.15) is 22.0 Å². The van der Waals surface area contributed by atoms with Crippen LogP contribution < -0.4 is 22.1 Å². The summed E-state index contributed by atoms with van der Waals surface area (Å²) in [5.41, 5.74) is 11.6. The average molecular weight is 326 g/mol. The van der Waals surface area contributed by atoms with Gasteiger partial charge in [-0.1, -0.05) is 0 Å². The van der Waals surface area contributed by atoms with Gasteiger partial charge in [0.15, 0.2) is 12.2 Å². The molecule has 0 saturated heterocycles. The molecule has 1 heterocycles. The number of guanidine groups is 2. The molecule has 0 aliphatic rings. The van der Waals surface area contributed by atoms with Crippen LogP contribution in [0.3, 0.4) is 0 Å². The van der Waals surface area contributed by atoms with Crippen LogP contribution in [0.4, 0.5) is 5.13 Å². The number of rotatable bonds is 7. The molecule has 0 aliphatic carbocycles. The van der Waals surface area contributed by atoms with Gasteiger partial charge in [0.1, 0.15) is 0 Å². The minimum Gasteiger partial charge on any atom is -0.370 e. The van der Waals surface area contributed by atoms with Crippen molar-refractivity contribution in [3.8, 4) is 6.19 Å². The first kappa shape index (κ1) is 17.1. The molecule has 1 rings (SSSR count). The first-order valence-electron chi connectivity index (χ1n) is 6.13. The van der Waals surface area contributed by atoms with Crippen LogP contribution in [0.15, 0.2) is 15.4 Å². The van der Waals surface area contributed by atoms with Gasteiger partial charge in [-0.3, -0.25) is 10.3 Å². The molecule has 1 aromatic rings. The first-order chi connectivity index (χ1) is 10.2. The number of nitriles is 1. The molecule has 0 saturated carbocycles. The van der Waals surface area contributed by atoms with E-state index in [4.69, 9.17) is 16.7 Å². The van der Waals surface area contributed by atoms with Gasteiger partial charge in [0.2, 0.25) is 11.1 Å². The molecular weight excluding hydrogens is 308 g/mol. The minimum absolute atomic E-state index is 0.0222. The molecule has 21 heavy (non-hydrogen) atoms. The largest absolute Gasteiger partial charge is 0.370 e. The van der Waals surface area contributed by atoms with E-state index in [0.717, 1.165) is 30.2 Å². The molecule has 0 spiro atoms. The molecule has 0 amide bonds. The SMILES string of the molecule is CN=C(NC#N)NCCCSCc1csc(N=C(N)N)n1. The molecule has 0 fully saturated rings. The van der Waals surface area contributed by atoms with Crippen molar-refractivity contribution in [1.29, 1.82) is 5.26 Å². The first-order valence-corrected chi connectivity index (χ1v) is 8.16. The second kappa shape index (κ2) is 9.84. The Kier molecular flexibility index (Phi) is 8.00. The van der Waals surface area contributed by atoms with Crippen molar-refractivity contribution < 1.29 is 0 Å². The number of aliphatic imine (C=N–C) groups is 2. The summed E-state index contributed by atoms with van der Waals surface area (Å²) in [5.74, 6) is 2.31. The van der Waals surface area contributed by atoms with E-state index in [1.165, 1.54) is 11.3 Å². The Bertz CT molecular complexity index is 527. The lowest BCUT2D eigenvalue weighted by molar-refractivity contribution is 0.827. The number of thioether (sulfide) groups is 1. The minimum atomic E-state index is 0.0222. The lowest BCUT2D eigenvalue weighted by atomic mass is 10.5. The third-order valence-corrected chi connectivity index (χ3v) is 4.03. The van der Waals surface area contributed by atoms with Crippen LogP contribution in [0.2, 0.25) is 0 Å². The molecule has 0 aromatic carbocycles. The highest BCUT2D eigenvalue weighted by Crippen LogP contribution is 2.21. The van der Waals surface area contributed by atoms with Crippen molar-refractivity contribution in [2.45, 2.75) is 12.2 Å². The van der Waals surface area contributed by atoms with Crippen molar-refractivity contribution in [1.82, 2.24) is 15.6 Å². The van der Waals surface area contributed by atoms with Crippen LogP contribution in [0.5, 0.6) is 0 Å². The van der Waals surface area contributed by atoms with E-state index >= 15 is 0 Å². The summed E-state index contributed by atoms with van der Waals surface area (Å²) in [6, 6.07) is 0. The van der Waals surface area contributed by atoms with E-state index in [9.17, 15) is 0 Å². The molecule has 0 radical (unpaired) electrons. The highest BCUT2D eigenvalue weighted by atomic mass is 32.2. The smallest absolute Gasteiger partial charge is 0.212 e. The second-order valence-electron chi connectivity index (χ2n) is 3.80. The summed E-state index contributed by atoms with van der Waals surface area (Å²) < 4.78 is 0. The maximum atomic E-state index is 8.47. The zero-order valence-electron chi connectivity index (χ0n) is 11.7. The number of hydrogen-bond acceptors (Lipinski definition) is 6. The Morgan fingerprint density at radius 3 is 3.05 bits per heavy atom. The van der Waals surface area contributed by atoms with Gasteiger partial charge in [0.05, 0.1) is 5.69 Å². The zero-order valence-corrected chi connectivity index (χ0v) is 13.3. The van der Waals surface area contributed by atoms with E-state index < -0.39 is 0 Å².